The van der Waals surface area contributed by atoms with Crippen molar-refractivity contribution in [2.24, 2.45) is 0 Å². The standard InChI is InChI=1S/C26H33N7O2/c34-23-10-4-20(5-11-23)19-27-24-18-25(30-29-24)28-21-6-8-22(9-7-21)31-14-16-33(17-15-31)26(35)32-12-2-1-3-13-32/h4-11,18,34H,1-3,12-17,19H2,(H3,27,28,29,30). The van der Waals surface area contributed by atoms with Crippen molar-refractivity contribution >= 4 is 29.0 Å². The lowest BCUT2D eigenvalue weighted by molar-refractivity contribution is 0.141. The zero-order valence-electron chi connectivity index (χ0n) is 19.9. The molecule has 2 amide bonds. The van der Waals surface area contributed by atoms with Crippen molar-refractivity contribution in [3.8, 4) is 5.75 Å². The van der Waals surface area contributed by atoms with Crippen molar-refractivity contribution in [2.75, 3.05) is 54.8 Å². The highest BCUT2D eigenvalue weighted by Gasteiger charge is 2.26. The predicted molar refractivity (Wildman–Crippen MR) is 138 cm³/mol. The van der Waals surface area contributed by atoms with Crippen molar-refractivity contribution in [1.82, 2.24) is 20.0 Å². The third kappa shape index (κ3) is 5.79. The molecule has 0 atom stereocenters. The normalized spacial score (nSPS) is 16.3. The minimum Gasteiger partial charge on any atom is -0.508 e. The van der Waals surface area contributed by atoms with Gasteiger partial charge in [-0.25, -0.2) is 4.79 Å². The van der Waals surface area contributed by atoms with Crippen LogP contribution in [0.4, 0.5) is 27.8 Å². The number of carbonyl (C=O) groups excluding carboxylic acids is 1. The lowest BCUT2D eigenvalue weighted by atomic mass is 10.1. The number of hydrogen-bond acceptors (Lipinski definition) is 6. The molecule has 3 aromatic rings. The summed E-state index contributed by atoms with van der Waals surface area (Å²) in [7, 11) is 0. The van der Waals surface area contributed by atoms with Gasteiger partial charge in [-0.2, -0.15) is 5.10 Å². The summed E-state index contributed by atoms with van der Waals surface area (Å²) in [6.07, 6.45) is 3.49. The Morgan fingerprint density at radius 1 is 0.886 bits per heavy atom. The first-order chi connectivity index (χ1) is 17.1. The number of nitrogens with zero attached hydrogens (tertiary/aromatic N) is 4. The zero-order valence-corrected chi connectivity index (χ0v) is 19.9. The number of aromatic nitrogens is 2. The number of piperidine rings is 1. The topological polar surface area (TPSA) is 99.8 Å². The van der Waals surface area contributed by atoms with Gasteiger partial charge in [-0.3, -0.25) is 5.10 Å². The van der Waals surface area contributed by atoms with Gasteiger partial charge in [-0.05, 0) is 61.2 Å². The molecule has 3 heterocycles. The number of amides is 2. The van der Waals surface area contributed by atoms with Crippen molar-refractivity contribution in [2.45, 2.75) is 25.8 Å². The SMILES string of the molecule is O=C(N1CCCCC1)N1CCN(c2ccc(Nc3cc(NCc4ccc(O)cc4)n[nH]3)cc2)CC1. The summed E-state index contributed by atoms with van der Waals surface area (Å²) in [5, 5.41) is 23.3. The number of phenols is 1. The number of benzene rings is 2. The second-order valence-electron chi connectivity index (χ2n) is 9.16. The van der Waals surface area contributed by atoms with Gasteiger partial charge in [0.1, 0.15) is 17.4 Å². The highest BCUT2D eigenvalue weighted by atomic mass is 16.3. The molecule has 0 aliphatic carbocycles. The summed E-state index contributed by atoms with van der Waals surface area (Å²) in [6, 6.07) is 17.6. The Kier molecular flexibility index (Phi) is 6.92. The number of rotatable bonds is 6. The molecule has 1 aromatic heterocycles. The van der Waals surface area contributed by atoms with E-state index in [1.54, 1.807) is 12.1 Å². The van der Waals surface area contributed by atoms with Gasteiger partial charge in [0.25, 0.3) is 0 Å². The van der Waals surface area contributed by atoms with Crippen LogP contribution in [0.1, 0.15) is 24.8 Å². The number of likely N-dealkylation sites (tertiary alicyclic amines) is 1. The van der Waals surface area contributed by atoms with Crippen LogP contribution in [0.15, 0.2) is 54.6 Å². The second-order valence-corrected chi connectivity index (χ2v) is 9.16. The largest absolute Gasteiger partial charge is 0.508 e. The summed E-state index contributed by atoms with van der Waals surface area (Å²) in [5.41, 5.74) is 3.20. The second kappa shape index (κ2) is 10.6. The van der Waals surface area contributed by atoms with Crippen LogP contribution in [0.5, 0.6) is 5.75 Å². The van der Waals surface area contributed by atoms with E-state index in [0.29, 0.717) is 6.54 Å². The van der Waals surface area contributed by atoms with Gasteiger partial charge in [-0.15, -0.1) is 0 Å². The molecule has 2 fully saturated rings. The first-order valence-corrected chi connectivity index (χ1v) is 12.4. The van der Waals surface area contributed by atoms with Gasteiger partial charge in [0.2, 0.25) is 0 Å². The van der Waals surface area contributed by atoms with Gasteiger partial charge in [0, 0.05) is 63.3 Å². The van der Waals surface area contributed by atoms with Crippen LogP contribution in [-0.4, -0.2) is 70.4 Å². The maximum atomic E-state index is 12.7. The van der Waals surface area contributed by atoms with Gasteiger partial charge < -0.3 is 30.4 Å². The molecular weight excluding hydrogens is 442 g/mol. The number of urea groups is 1. The Labute approximate surface area is 205 Å². The Morgan fingerprint density at radius 3 is 2.29 bits per heavy atom. The molecule has 2 aliphatic rings. The number of anilines is 4. The van der Waals surface area contributed by atoms with Crippen LogP contribution in [-0.2, 0) is 6.54 Å². The fourth-order valence-electron chi connectivity index (χ4n) is 4.63. The molecule has 9 heteroatoms. The molecule has 2 saturated heterocycles. The highest BCUT2D eigenvalue weighted by molar-refractivity contribution is 5.75. The predicted octanol–water partition coefficient (Wildman–Crippen LogP) is 4.20. The molecule has 35 heavy (non-hydrogen) atoms. The van der Waals surface area contributed by atoms with E-state index in [0.717, 1.165) is 75.0 Å². The molecule has 2 aromatic carbocycles. The highest BCUT2D eigenvalue weighted by Crippen LogP contribution is 2.23. The van der Waals surface area contributed by atoms with Gasteiger partial charge >= 0.3 is 6.03 Å². The van der Waals surface area contributed by atoms with E-state index in [-0.39, 0.29) is 11.8 Å². The average Bonchev–Trinajstić information content (AvgIpc) is 3.36. The number of nitrogens with one attached hydrogen (secondary N) is 3. The summed E-state index contributed by atoms with van der Waals surface area (Å²) in [5.74, 6) is 1.81. The molecule has 0 spiro atoms. The maximum Gasteiger partial charge on any atom is 0.320 e. The number of piperazine rings is 1. The minimum atomic E-state index is 0.209. The first-order valence-electron chi connectivity index (χ1n) is 12.4. The van der Waals surface area contributed by atoms with Crippen LogP contribution in [0.25, 0.3) is 0 Å². The number of phenolic OH excluding ortho intramolecular Hbond substituents is 1. The third-order valence-electron chi connectivity index (χ3n) is 6.68. The van der Waals surface area contributed by atoms with Gasteiger partial charge in [0.05, 0.1) is 0 Å². The van der Waals surface area contributed by atoms with Crippen LogP contribution in [0.2, 0.25) is 0 Å². The Hall–Kier alpha value is -3.88. The average molecular weight is 476 g/mol. The van der Waals surface area contributed by atoms with Crippen LogP contribution < -0.4 is 15.5 Å². The van der Waals surface area contributed by atoms with Gasteiger partial charge in [-0.1, -0.05) is 12.1 Å². The molecule has 0 radical (unpaired) electrons. The third-order valence-corrected chi connectivity index (χ3v) is 6.68. The first kappa shape index (κ1) is 22.9. The summed E-state index contributed by atoms with van der Waals surface area (Å²) < 4.78 is 0. The Balaban J connectivity index is 1.10. The van der Waals surface area contributed by atoms with Crippen LogP contribution in [0, 0.1) is 0 Å². The van der Waals surface area contributed by atoms with E-state index in [1.807, 2.05) is 28.0 Å². The van der Waals surface area contributed by atoms with Crippen LogP contribution in [0.3, 0.4) is 0 Å². The Morgan fingerprint density at radius 2 is 1.57 bits per heavy atom. The number of carbonyl (C=O) groups is 1. The number of H-pyrrole nitrogens is 1. The van der Waals surface area contributed by atoms with E-state index in [2.05, 4.69) is 50.0 Å². The fraction of sp³-hybridized carbons (Fsp3) is 0.385. The zero-order chi connectivity index (χ0) is 24.0. The fourth-order valence-corrected chi connectivity index (χ4v) is 4.63. The Bertz CT molecular complexity index is 1100. The van der Waals surface area contributed by atoms with E-state index >= 15 is 0 Å². The van der Waals surface area contributed by atoms with E-state index in [4.69, 9.17) is 0 Å². The van der Waals surface area contributed by atoms with Crippen LogP contribution >= 0.6 is 0 Å². The quantitative estimate of drug-likeness (QED) is 0.427. The van der Waals surface area contributed by atoms with E-state index in [9.17, 15) is 9.90 Å². The summed E-state index contributed by atoms with van der Waals surface area (Å²) >= 11 is 0. The number of hydrogen-bond donors (Lipinski definition) is 4. The molecule has 2 aliphatic heterocycles. The number of aromatic hydroxyl groups is 1. The summed E-state index contributed by atoms with van der Waals surface area (Å²) in [4.78, 5) is 19.1. The van der Waals surface area contributed by atoms with Crippen molar-refractivity contribution < 1.29 is 9.90 Å². The molecule has 4 N–H and O–H groups in total. The van der Waals surface area contributed by atoms with E-state index in [1.165, 1.54) is 12.1 Å². The number of aromatic amines is 1. The smallest absolute Gasteiger partial charge is 0.320 e. The molecule has 5 rings (SSSR count). The molecule has 9 nitrogen and oxygen atoms in total. The maximum absolute atomic E-state index is 12.7. The molecular formula is C26H33N7O2. The van der Waals surface area contributed by atoms with E-state index < -0.39 is 0 Å². The van der Waals surface area contributed by atoms with Crippen molar-refractivity contribution in [3.05, 3.63) is 60.2 Å². The molecule has 184 valence electrons. The minimum absolute atomic E-state index is 0.209. The monoisotopic (exact) mass is 475 g/mol. The van der Waals surface area contributed by atoms with Crippen molar-refractivity contribution in [3.63, 3.8) is 0 Å². The molecule has 0 unspecified atom stereocenters. The van der Waals surface area contributed by atoms with Gasteiger partial charge in [0.15, 0.2) is 0 Å². The van der Waals surface area contributed by atoms with Crippen molar-refractivity contribution in [1.29, 1.82) is 0 Å². The lowest BCUT2D eigenvalue weighted by Crippen LogP contribution is -2.53. The molecule has 0 saturated carbocycles. The summed E-state index contributed by atoms with van der Waals surface area (Å²) in [6.45, 7) is 5.66. The lowest BCUT2D eigenvalue weighted by Gasteiger charge is -2.39. The molecule has 0 bridgehead atoms.